The number of fused-ring (bicyclic) bond motifs is 4. The first-order chi connectivity index (χ1) is 10.4. The largest absolute Gasteiger partial charge is 0.286 e. The van der Waals surface area contributed by atoms with Crippen LogP contribution in [-0.2, 0) is 12.0 Å². The van der Waals surface area contributed by atoms with Gasteiger partial charge in [-0.25, -0.2) is 4.98 Å². The Bertz CT molecular complexity index is 979. The molecule has 0 unspecified atom stereocenters. The molecule has 1 aromatic carbocycles. The fourth-order valence-electron chi connectivity index (χ4n) is 3.47. The van der Waals surface area contributed by atoms with Crippen molar-refractivity contribution in [3.05, 3.63) is 50.6 Å². The van der Waals surface area contributed by atoms with E-state index in [1.807, 2.05) is 17.6 Å². The average molecular weight is 310 g/mol. The standard InChI is InChI=1S/C18H18N2OS/c1-10-11(2)22-16-14(10)17(21)20-15(19-16)13-8-6-5-7-12(13)9-18(20,3)4/h5-8H,9H2,1-4H3. The van der Waals surface area contributed by atoms with E-state index >= 15 is 0 Å². The Balaban J connectivity index is 2.21. The van der Waals surface area contributed by atoms with Gasteiger partial charge in [0.15, 0.2) is 0 Å². The van der Waals surface area contributed by atoms with Crippen LogP contribution in [0.3, 0.4) is 0 Å². The van der Waals surface area contributed by atoms with E-state index in [-0.39, 0.29) is 11.1 Å². The summed E-state index contributed by atoms with van der Waals surface area (Å²) in [5, 5.41) is 0.790. The van der Waals surface area contributed by atoms with Crippen LogP contribution >= 0.6 is 11.3 Å². The third kappa shape index (κ3) is 1.67. The molecule has 0 aliphatic carbocycles. The fourth-order valence-corrected chi connectivity index (χ4v) is 4.49. The van der Waals surface area contributed by atoms with Gasteiger partial charge in [0.25, 0.3) is 5.56 Å². The molecule has 0 radical (unpaired) electrons. The van der Waals surface area contributed by atoms with Crippen LogP contribution in [-0.4, -0.2) is 9.55 Å². The lowest BCUT2D eigenvalue weighted by Crippen LogP contribution is -2.42. The number of aryl methyl sites for hydroxylation is 2. The van der Waals surface area contributed by atoms with E-state index in [1.54, 1.807) is 11.3 Å². The van der Waals surface area contributed by atoms with Gasteiger partial charge in [0.2, 0.25) is 0 Å². The van der Waals surface area contributed by atoms with E-state index in [4.69, 9.17) is 4.98 Å². The Labute approximate surface area is 133 Å². The monoisotopic (exact) mass is 310 g/mol. The lowest BCUT2D eigenvalue weighted by Gasteiger charge is -2.35. The van der Waals surface area contributed by atoms with Gasteiger partial charge in [0, 0.05) is 16.0 Å². The van der Waals surface area contributed by atoms with Crippen LogP contribution in [0, 0.1) is 13.8 Å². The van der Waals surface area contributed by atoms with Crippen molar-refractivity contribution in [2.45, 2.75) is 39.7 Å². The van der Waals surface area contributed by atoms with Crippen molar-refractivity contribution >= 4 is 21.6 Å². The zero-order chi connectivity index (χ0) is 15.6. The first-order valence-electron chi connectivity index (χ1n) is 7.51. The predicted octanol–water partition coefficient (Wildman–Crippen LogP) is 4.03. The van der Waals surface area contributed by atoms with Crippen LogP contribution in [0.25, 0.3) is 21.6 Å². The number of nitrogens with zero attached hydrogens (tertiary/aromatic N) is 2. The van der Waals surface area contributed by atoms with Crippen molar-refractivity contribution in [3.63, 3.8) is 0 Å². The minimum Gasteiger partial charge on any atom is -0.286 e. The summed E-state index contributed by atoms with van der Waals surface area (Å²) in [5.41, 5.74) is 3.27. The molecule has 0 saturated carbocycles. The average Bonchev–Trinajstić information content (AvgIpc) is 2.73. The molecule has 1 aliphatic heterocycles. The van der Waals surface area contributed by atoms with Crippen molar-refractivity contribution < 1.29 is 0 Å². The third-order valence-corrected chi connectivity index (χ3v) is 5.79. The first kappa shape index (κ1) is 13.7. The Morgan fingerprint density at radius 2 is 1.95 bits per heavy atom. The minimum atomic E-state index is -0.260. The second-order valence-electron chi connectivity index (χ2n) is 6.69. The summed E-state index contributed by atoms with van der Waals surface area (Å²) in [6.45, 7) is 8.32. The van der Waals surface area contributed by atoms with Crippen molar-refractivity contribution in [2.24, 2.45) is 0 Å². The molecule has 3 nitrogen and oxygen atoms in total. The Morgan fingerprint density at radius 3 is 2.73 bits per heavy atom. The van der Waals surface area contributed by atoms with Crippen LogP contribution in [0.2, 0.25) is 0 Å². The predicted molar refractivity (Wildman–Crippen MR) is 91.8 cm³/mol. The van der Waals surface area contributed by atoms with Gasteiger partial charge in [0.05, 0.1) is 5.39 Å². The second-order valence-corrected chi connectivity index (χ2v) is 7.89. The molecule has 0 fully saturated rings. The lowest BCUT2D eigenvalue weighted by molar-refractivity contribution is 0.336. The summed E-state index contributed by atoms with van der Waals surface area (Å²) < 4.78 is 1.90. The maximum Gasteiger partial charge on any atom is 0.263 e. The lowest BCUT2D eigenvalue weighted by atomic mass is 9.87. The molecule has 3 aromatic rings. The van der Waals surface area contributed by atoms with E-state index in [2.05, 4.69) is 39.0 Å². The summed E-state index contributed by atoms with van der Waals surface area (Å²) in [6, 6.07) is 8.28. The van der Waals surface area contributed by atoms with Crippen LogP contribution < -0.4 is 5.56 Å². The van der Waals surface area contributed by atoms with Gasteiger partial charge in [0.1, 0.15) is 10.7 Å². The Morgan fingerprint density at radius 1 is 1.23 bits per heavy atom. The summed E-state index contributed by atoms with van der Waals surface area (Å²) in [4.78, 5) is 20.1. The van der Waals surface area contributed by atoms with Crippen LogP contribution in [0.15, 0.2) is 29.1 Å². The number of thiophene rings is 1. The minimum absolute atomic E-state index is 0.0985. The van der Waals surface area contributed by atoms with Gasteiger partial charge in [-0.3, -0.25) is 9.36 Å². The molecule has 0 N–H and O–H groups in total. The molecular weight excluding hydrogens is 292 g/mol. The van der Waals surface area contributed by atoms with Crippen molar-refractivity contribution in [1.82, 2.24) is 9.55 Å². The molecule has 0 atom stereocenters. The van der Waals surface area contributed by atoms with Gasteiger partial charge in [-0.15, -0.1) is 11.3 Å². The molecule has 112 valence electrons. The summed E-state index contributed by atoms with van der Waals surface area (Å²) in [5.74, 6) is 0.811. The third-order valence-electron chi connectivity index (χ3n) is 4.69. The van der Waals surface area contributed by atoms with Crippen LogP contribution in [0.4, 0.5) is 0 Å². The quantitative estimate of drug-likeness (QED) is 0.628. The molecule has 4 heteroatoms. The van der Waals surface area contributed by atoms with Crippen molar-refractivity contribution in [2.75, 3.05) is 0 Å². The number of hydrogen-bond donors (Lipinski definition) is 0. The van der Waals surface area contributed by atoms with E-state index in [1.165, 1.54) is 10.4 Å². The highest BCUT2D eigenvalue weighted by Crippen LogP contribution is 2.37. The molecule has 0 spiro atoms. The highest BCUT2D eigenvalue weighted by atomic mass is 32.1. The van der Waals surface area contributed by atoms with E-state index in [0.29, 0.717) is 0 Å². The van der Waals surface area contributed by atoms with E-state index < -0.39 is 0 Å². The maximum absolute atomic E-state index is 13.2. The molecular formula is C18H18N2OS. The van der Waals surface area contributed by atoms with Gasteiger partial charge in [-0.1, -0.05) is 24.3 Å². The van der Waals surface area contributed by atoms with Gasteiger partial charge >= 0.3 is 0 Å². The first-order valence-corrected chi connectivity index (χ1v) is 8.33. The van der Waals surface area contributed by atoms with E-state index in [0.717, 1.165) is 33.6 Å². The summed E-state index contributed by atoms with van der Waals surface area (Å²) in [7, 11) is 0. The Kier molecular flexibility index (Phi) is 2.67. The van der Waals surface area contributed by atoms with Gasteiger partial charge in [-0.2, -0.15) is 0 Å². The number of aromatic nitrogens is 2. The molecule has 3 heterocycles. The van der Waals surface area contributed by atoms with Crippen molar-refractivity contribution in [1.29, 1.82) is 0 Å². The van der Waals surface area contributed by atoms with Gasteiger partial charge < -0.3 is 0 Å². The zero-order valence-corrected chi connectivity index (χ0v) is 14.0. The van der Waals surface area contributed by atoms with Crippen LogP contribution in [0.1, 0.15) is 29.9 Å². The molecule has 1 aliphatic rings. The molecule has 2 aromatic heterocycles. The molecule has 4 rings (SSSR count). The molecule has 0 amide bonds. The maximum atomic E-state index is 13.2. The van der Waals surface area contributed by atoms with Crippen LogP contribution in [0.5, 0.6) is 0 Å². The number of benzene rings is 1. The normalized spacial score (nSPS) is 15.6. The number of hydrogen-bond acceptors (Lipinski definition) is 3. The SMILES string of the molecule is Cc1sc2nc3n(c(=O)c2c1C)C(C)(C)Cc1ccccc1-3. The zero-order valence-electron chi connectivity index (χ0n) is 13.2. The molecule has 22 heavy (non-hydrogen) atoms. The van der Waals surface area contributed by atoms with E-state index in [9.17, 15) is 4.79 Å². The van der Waals surface area contributed by atoms with Crippen molar-refractivity contribution in [3.8, 4) is 11.4 Å². The Hall–Kier alpha value is -1.94. The number of rotatable bonds is 0. The highest BCUT2D eigenvalue weighted by molar-refractivity contribution is 7.18. The second kappa shape index (κ2) is 4.29. The molecule has 0 bridgehead atoms. The summed E-state index contributed by atoms with van der Waals surface area (Å²) in [6.07, 6.45) is 0.853. The highest BCUT2D eigenvalue weighted by Gasteiger charge is 2.33. The fraction of sp³-hybridized carbons (Fsp3) is 0.333. The molecule has 0 saturated heterocycles. The van der Waals surface area contributed by atoms with Gasteiger partial charge in [-0.05, 0) is 45.2 Å². The smallest absolute Gasteiger partial charge is 0.263 e. The summed E-state index contributed by atoms with van der Waals surface area (Å²) >= 11 is 1.62. The topological polar surface area (TPSA) is 34.9 Å².